The van der Waals surface area contributed by atoms with Crippen molar-refractivity contribution in [1.29, 1.82) is 5.41 Å². The Hall–Kier alpha value is -3.95. The maximum atomic E-state index is 10.2. The van der Waals surface area contributed by atoms with Crippen molar-refractivity contribution >= 4 is 34.2 Å². The Kier molecular flexibility index (Phi) is 5.88. The fourth-order valence-electron chi connectivity index (χ4n) is 4.15. The van der Waals surface area contributed by atoms with E-state index in [0.717, 1.165) is 37.6 Å². The average Bonchev–Trinajstić information content (AvgIpc) is 3.33. The molecule has 1 saturated heterocycles. The number of anilines is 4. The minimum atomic E-state index is -1.28. The number of ether oxygens (including phenoxy) is 1. The minimum absolute atomic E-state index is 0.0717. The number of nitrogens with one attached hydrogen (secondary N) is 2. The maximum absolute atomic E-state index is 10.2. The van der Waals surface area contributed by atoms with Gasteiger partial charge in [-0.15, -0.1) is 0 Å². The summed E-state index contributed by atoms with van der Waals surface area (Å²) in [6.45, 7) is 6.42. The molecule has 0 saturated carbocycles. The van der Waals surface area contributed by atoms with Crippen LogP contribution in [-0.2, 0) is 4.74 Å². The highest BCUT2D eigenvalue weighted by Crippen LogP contribution is 2.29. The SMILES string of the molecule is CC(C)(O)C(=N)c1ccc(-c2cn3ccnc3c(Nc3ccc(N4CCOCC4)cc3)n2)cc1N. The van der Waals surface area contributed by atoms with Crippen LogP contribution < -0.4 is 16.0 Å². The van der Waals surface area contributed by atoms with Crippen LogP contribution in [0.2, 0.25) is 0 Å². The first kappa shape index (κ1) is 22.8. The molecular formula is C26H29N7O2. The second-order valence-electron chi connectivity index (χ2n) is 9.14. The predicted molar refractivity (Wildman–Crippen MR) is 139 cm³/mol. The Balaban J connectivity index is 1.44. The number of aromatic nitrogens is 3. The van der Waals surface area contributed by atoms with E-state index in [0.29, 0.717) is 28.4 Å². The quantitative estimate of drug-likeness (QED) is 0.250. The molecule has 2 aromatic carbocycles. The van der Waals surface area contributed by atoms with Gasteiger partial charge in [0.15, 0.2) is 11.5 Å². The van der Waals surface area contributed by atoms with E-state index in [1.165, 1.54) is 5.69 Å². The third kappa shape index (κ3) is 4.68. The molecule has 0 radical (unpaired) electrons. The fourth-order valence-corrected chi connectivity index (χ4v) is 4.15. The van der Waals surface area contributed by atoms with Gasteiger partial charge in [0.05, 0.1) is 24.6 Å². The van der Waals surface area contributed by atoms with Crippen molar-refractivity contribution in [2.45, 2.75) is 19.4 Å². The van der Waals surface area contributed by atoms with Gasteiger partial charge >= 0.3 is 0 Å². The van der Waals surface area contributed by atoms with Crippen LogP contribution in [0.5, 0.6) is 0 Å². The summed E-state index contributed by atoms with van der Waals surface area (Å²) in [4.78, 5) is 11.6. The van der Waals surface area contributed by atoms with E-state index in [9.17, 15) is 5.11 Å². The van der Waals surface area contributed by atoms with Crippen molar-refractivity contribution in [3.63, 3.8) is 0 Å². The summed E-state index contributed by atoms with van der Waals surface area (Å²) in [7, 11) is 0. The molecule has 0 unspecified atom stereocenters. The largest absolute Gasteiger partial charge is 0.398 e. The van der Waals surface area contributed by atoms with Gasteiger partial charge in [-0.3, -0.25) is 0 Å². The summed E-state index contributed by atoms with van der Waals surface area (Å²) >= 11 is 0. The van der Waals surface area contributed by atoms with Gasteiger partial charge in [0.1, 0.15) is 5.60 Å². The van der Waals surface area contributed by atoms with Crippen molar-refractivity contribution in [3.05, 3.63) is 66.6 Å². The van der Waals surface area contributed by atoms with Gasteiger partial charge in [0.2, 0.25) is 0 Å². The fraction of sp³-hybridized carbons (Fsp3) is 0.269. The van der Waals surface area contributed by atoms with Crippen LogP contribution >= 0.6 is 0 Å². The van der Waals surface area contributed by atoms with Crippen LogP contribution in [0.25, 0.3) is 16.9 Å². The molecule has 9 nitrogen and oxygen atoms in total. The van der Waals surface area contributed by atoms with Crippen LogP contribution in [0.1, 0.15) is 19.4 Å². The molecule has 1 aliphatic rings. The third-order valence-corrected chi connectivity index (χ3v) is 6.11. The number of aliphatic hydroxyl groups is 1. The van der Waals surface area contributed by atoms with E-state index in [2.05, 4.69) is 27.3 Å². The van der Waals surface area contributed by atoms with Crippen molar-refractivity contribution in [3.8, 4) is 11.3 Å². The van der Waals surface area contributed by atoms with Gasteiger partial charge in [-0.1, -0.05) is 12.1 Å². The molecule has 2 aromatic heterocycles. The van der Waals surface area contributed by atoms with E-state index in [4.69, 9.17) is 20.9 Å². The van der Waals surface area contributed by atoms with Gasteiger partial charge in [0.25, 0.3) is 0 Å². The Morgan fingerprint density at radius 2 is 1.89 bits per heavy atom. The number of hydrogen-bond acceptors (Lipinski definition) is 8. The number of hydrogen-bond donors (Lipinski definition) is 4. The summed E-state index contributed by atoms with van der Waals surface area (Å²) < 4.78 is 7.36. The Bertz CT molecular complexity index is 1370. The maximum Gasteiger partial charge on any atom is 0.180 e. The molecule has 0 spiro atoms. The van der Waals surface area contributed by atoms with Gasteiger partial charge in [-0.2, -0.15) is 0 Å². The topological polar surface area (TPSA) is 125 Å². The molecule has 0 bridgehead atoms. The van der Waals surface area contributed by atoms with Crippen LogP contribution in [0.15, 0.2) is 61.1 Å². The van der Waals surface area contributed by atoms with Crippen LogP contribution in [0, 0.1) is 5.41 Å². The highest BCUT2D eigenvalue weighted by molar-refractivity contribution is 6.07. The number of morpholine rings is 1. The monoisotopic (exact) mass is 471 g/mol. The van der Waals surface area contributed by atoms with Crippen LogP contribution in [0.4, 0.5) is 22.9 Å². The first-order valence-electron chi connectivity index (χ1n) is 11.5. The van der Waals surface area contributed by atoms with Crippen LogP contribution in [0.3, 0.4) is 0 Å². The van der Waals surface area contributed by atoms with Gasteiger partial charge in [-0.25, -0.2) is 9.97 Å². The second-order valence-corrected chi connectivity index (χ2v) is 9.14. The Morgan fingerprint density at radius 3 is 2.57 bits per heavy atom. The predicted octanol–water partition coefficient (Wildman–Crippen LogP) is 3.70. The number of benzene rings is 2. The van der Waals surface area contributed by atoms with E-state index < -0.39 is 5.60 Å². The van der Waals surface area contributed by atoms with E-state index in [1.54, 1.807) is 32.2 Å². The number of nitrogens with zero attached hydrogens (tertiary/aromatic N) is 4. The zero-order chi connectivity index (χ0) is 24.6. The highest BCUT2D eigenvalue weighted by atomic mass is 16.5. The average molecular weight is 472 g/mol. The Labute approximate surface area is 203 Å². The summed E-state index contributed by atoms with van der Waals surface area (Å²) in [6, 6.07) is 13.7. The van der Waals surface area contributed by atoms with Gasteiger partial charge in [-0.05, 0) is 44.2 Å². The number of imidazole rings is 1. The molecule has 1 aliphatic heterocycles. The molecule has 4 aromatic rings. The van der Waals surface area contributed by atoms with E-state index in [-0.39, 0.29) is 5.71 Å². The lowest BCUT2D eigenvalue weighted by atomic mass is 9.93. The normalized spacial score (nSPS) is 14.3. The summed E-state index contributed by atoms with van der Waals surface area (Å²) in [6.07, 6.45) is 5.50. The molecule has 5 rings (SSSR count). The smallest absolute Gasteiger partial charge is 0.180 e. The summed E-state index contributed by atoms with van der Waals surface area (Å²) in [5.74, 6) is 0.624. The van der Waals surface area contributed by atoms with E-state index >= 15 is 0 Å². The number of fused-ring (bicyclic) bond motifs is 1. The molecule has 0 atom stereocenters. The van der Waals surface area contributed by atoms with Gasteiger partial charge < -0.3 is 35.6 Å². The zero-order valence-electron chi connectivity index (χ0n) is 19.8. The first-order chi connectivity index (χ1) is 16.8. The lowest BCUT2D eigenvalue weighted by molar-refractivity contribution is 0.122. The van der Waals surface area contributed by atoms with Crippen molar-refractivity contribution in [1.82, 2.24) is 14.4 Å². The minimum Gasteiger partial charge on any atom is -0.398 e. The zero-order valence-corrected chi connectivity index (χ0v) is 19.8. The molecule has 5 N–H and O–H groups in total. The number of nitrogen functional groups attached to an aromatic ring is 1. The van der Waals surface area contributed by atoms with Crippen molar-refractivity contribution < 1.29 is 9.84 Å². The summed E-state index contributed by atoms with van der Waals surface area (Å²) in [5.41, 5.74) is 10.3. The number of rotatable bonds is 6. The Morgan fingerprint density at radius 1 is 1.14 bits per heavy atom. The lowest BCUT2D eigenvalue weighted by Crippen LogP contribution is -2.36. The van der Waals surface area contributed by atoms with Gasteiger partial charge in [0, 0.05) is 59.9 Å². The molecule has 180 valence electrons. The standard InChI is InChI=1S/C26H29N7O2/c1-26(2,34)23(28)20-8-3-17(15-21(20)27)22-16-33-10-9-29-25(33)24(31-22)30-18-4-6-19(7-5-18)32-11-13-35-14-12-32/h3-10,15-16,28,34H,11-14,27H2,1-2H3,(H,30,31). The lowest BCUT2D eigenvalue weighted by Gasteiger charge is -2.28. The molecule has 0 amide bonds. The molecule has 3 heterocycles. The number of nitrogens with two attached hydrogens (primary N) is 1. The first-order valence-corrected chi connectivity index (χ1v) is 11.5. The van der Waals surface area contributed by atoms with Crippen molar-refractivity contribution in [2.75, 3.05) is 42.3 Å². The molecule has 35 heavy (non-hydrogen) atoms. The molecular weight excluding hydrogens is 442 g/mol. The van der Waals surface area contributed by atoms with Crippen LogP contribution in [-0.4, -0.2) is 57.1 Å². The molecule has 9 heteroatoms. The third-order valence-electron chi connectivity index (χ3n) is 6.11. The van der Waals surface area contributed by atoms with Crippen molar-refractivity contribution in [2.24, 2.45) is 0 Å². The van der Waals surface area contributed by atoms with E-state index in [1.807, 2.05) is 35.0 Å². The molecule has 1 fully saturated rings. The second kappa shape index (κ2) is 9.01. The molecule has 0 aliphatic carbocycles. The highest BCUT2D eigenvalue weighted by Gasteiger charge is 2.23. The summed E-state index contributed by atoms with van der Waals surface area (Å²) in [5, 5.41) is 21.8.